The van der Waals surface area contributed by atoms with Gasteiger partial charge in [0.2, 0.25) is 5.89 Å². The number of nitrogens with one attached hydrogen (secondary N) is 1. The highest BCUT2D eigenvalue weighted by molar-refractivity contribution is 7.13. The molecule has 0 fully saturated rings. The lowest BCUT2D eigenvalue weighted by molar-refractivity contribution is 0.394. The third-order valence-corrected chi connectivity index (χ3v) is 4.34. The van der Waals surface area contributed by atoms with Crippen molar-refractivity contribution in [2.45, 2.75) is 25.9 Å². The van der Waals surface area contributed by atoms with Crippen LogP contribution in [0.3, 0.4) is 0 Å². The molecule has 2 atom stereocenters. The summed E-state index contributed by atoms with van der Waals surface area (Å²) in [6, 6.07) is 7.25. The van der Waals surface area contributed by atoms with Gasteiger partial charge in [-0.25, -0.2) is 8.78 Å². The van der Waals surface area contributed by atoms with Gasteiger partial charge in [0.15, 0.2) is 11.6 Å². The zero-order valence-electron chi connectivity index (χ0n) is 12.6. The lowest BCUT2D eigenvalue weighted by Gasteiger charge is -2.18. The molecular formula is C16H15F2N3OS. The number of nitrogens with zero attached hydrogens (tertiary/aromatic N) is 2. The first-order valence-corrected chi connectivity index (χ1v) is 8.01. The SMILES string of the molecule is C[C@H](N[C@H](C)c1nnc(-c2cccs2)o1)c1ccc(F)c(F)c1. The van der Waals surface area contributed by atoms with E-state index in [1.165, 1.54) is 17.4 Å². The van der Waals surface area contributed by atoms with Crippen LogP contribution < -0.4 is 5.32 Å². The highest BCUT2D eigenvalue weighted by Gasteiger charge is 2.18. The molecule has 0 aliphatic carbocycles. The third kappa shape index (κ3) is 3.46. The maximum atomic E-state index is 13.3. The van der Waals surface area contributed by atoms with Crippen LogP contribution in [0.2, 0.25) is 0 Å². The zero-order valence-corrected chi connectivity index (χ0v) is 13.4. The van der Waals surface area contributed by atoms with Gasteiger partial charge in [0, 0.05) is 6.04 Å². The quantitative estimate of drug-likeness (QED) is 0.746. The molecule has 120 valence electrons. The Morgan fingerprint density at radius 1 is 1.09 bits per heavy atom. The molecule has 3 aromatic rings. The van der Waals surface area contributed by atoms with E-state index in [9.17, 15) is 8.78 Å². The van der Waals surface area contributed by atoms with Crippen molar-refractivity contribution in [3.05, 3.63) is 58.8 Å². The number of benzene rings is 1. The first-order valence-electron chi connectivity index (χ1n) is 7.13. The molecule has 0 spiro atoms. The predicted octanol–water partition coefficient (Wildman–Crippen LogP) is 4.49. The average Bonchev–Trinajstić information content (AvgIpc) is 3.20. The van der Waals surface area contributed by atoms with E-state index < -0.39 is 11.6 Å². The standard InChI is InChI=1S/C16H15F2N3OS/c1-9(11-5-6-12(17)13(18)8-11)19-10(2)15-20-21-16(22-15)14-4-3-7-23-14/h3-10,19H,1-2H3/t9-,10+/m0/s1. The lowest BCUT2D eigenvalue weighted by atomic mass is 10.1. The molecule has 1 N–H and O–H groups in total. The highest BCUT2D eigenvalue weighted by atomic mass is 32.1. The summed E-state index contributed by atoms with van der Waals surface area (Å²) in [5.74, 6) is -0.792. The summed E-state index contributed by atoms with van der Waals surface area (Å²) in [6.45, 7) is 3.74. The van der Waals surface area contributed by atoms with Crippen molar-refractivity contribution < 1.29 is 13.2 Å². The van der Waals surface area contributed by atoms with E-state index in [1.54, 1.807) is 6.07 Å². The van der Waals surface area contributed by atoms with E-state index in [0.717, 1.165) is 10.9 Å². The summed E-state index contributed by atoms with van der Waals surface area (Å²) in [7, 11) is 0. The van der Waals surface area contributed by atoms with Crippen LogP contribution in [0.5, 0.6) is 0 Å². The van der Waals surface area contributed by atoms with E-state index in [-0.39, 0.29) is 12.1 Å². The molecule has 0 unspecified atom stereocenters. The maximum Gasteiger partial charge on any atom is 0.257 e. The van der Waals surface area contributed by atoms with Gasteiger partial charge in [0.1, 0.15) is 0 Å². The van der Waals surface area contributed by atoms with Gasteiger partial charge in [-0.1, -0.05) is 12.1 Å². The maximum absolute atomic E-state index is 13.3. The van der Waals surface area contributed by atoms with Crippen molar-refractivity contribution in [3.63, 3.8) is 0 Å². The molecule has 0 radical (unpaired) electrons. The second-order valence-corrected chi connectivity index (χ2v) is 6.15. The summed E-state index contributed by atoms with van der Waals surface area (Å²) >= 11 is 1.52. The molecule has 4 nitrogen and oxygen atoms in total. The van der Waals surface area contributed by atoms with E-state index in [0.29, 0.717) is 17.3 Å². The van der Waals surface area contributed by atoms with Gasteiger partial charge in [-0.05, 0) is 43.0 Å². The molecule has 0 saturated heterocycles. The Morgan fingerprint density at radius 2 is 1.91 bits per heavy atom. The Morgan fingerprint density at radius 3 is 2.61 bits per heavy atom. The summed E-state index contributed by atoms with van der Waals surface area (Å²) in [5.41, 5.74) is 0.647. The van der Waals surface area contributed by atoms with Crippen LogP contribution >= 0.6 is 11.3 Å². The number of thiophene rings is 1. The number of hydrogen-bond donors (Lipinski definition) is 1. The van der Waals surface area contributed by atoms with Crippen LogP contribution in [-0.4, -0.2) is 10.2 Å². The molecule has 3 rings (SSSR count). The van der Waals surface area contributed by atoms with Crippen LogP contribution in [0.1, 0.15) is 37.4 Å². The van der Waals surface area contributed by atoms with Crippen molar-refractivity contribution in [1.82, 2.24) is 15.5 Å². The fourth-order valence-electron chi connectivity index (χ4n) is 2.23. The largest absolute Gasteiger partial charge is 0.418 e. The Kier molecular flexibility index (Phi) is 4.49. The van der Waals surface area contributed by atoms with Gasteiger partial charge >= 0.3 is 0 Å². The summed E-state index contributed by atoms with van der Waals surface area (Å²) in [4.78, 5) is 0.907. The molecule has 1 aromatic carbocycles. The molecule has 2 heterocycles. The van der Waals surface area contributed by atoms with Crippen molar-refractivity contribution in [2.75, 3.05) is 0 Å². The van der Waals surface area contributed by atoms with Gasteiger partial charge in [-0.2, -0.15) is 0 Å². The lowest BCUT2D eigenvalue weighted by Crippen LogP contribution is -2.23. The van der Waals surface area contributed by atoms with Crippen molar-refractivity contribution in [1.29, 1.82) is 0 Å². The number of hydrogen-bond acceptors (Lipinski definition) is 5. The van der Waals surface area contributed by atoms with Crippen LogP contribution in [0.4, 0.5) is 8.78 Å². The summed E-state index contributed by atoms with van der Waals surface area (Å²) in [6.07, 6.45) is 0. The zero-order chi connectivity index (χ0) is 16.4. The monoisotopic (exact) mass is 335 g/mol. The minimum atomic E-state index is -0.860. The van der Waals surface area contributed by atoms with Gasteiger partial charge in [-0.3, -0.25) is 5.32 Å². The molecule has 0 saturated carbocycles. The van der Waals surface area contributed by atoms with E-state index in [4.69, 9.17) is 4.42 Å². The fraction of sp³-hybridized carbons (Fsp3) is 0.250. The molecule has 23 heavy (non-hydrogen) atoms. The Balaban J connectivity index is 1.71. The minimum Gasteiger partial charge on any atom is -0.418 e. The van der Waals surface area contributed by atoms with E-state index in [1.807, 2.05) is 31.4 Å². The van der Waals surface area contributed by atoms with E-state index >= 15 is 0 Å². The Bertz CT molecular complexity index is 788. The van der Waals surface area contributed by atoms with Gasteiger partial charge in [-0.15, -0.1) is 21.5 Å². The van der Waals surface area contributed by atoms with Gasteiger partial charge in [0.05, 0.1) is 10.9 Å². The molecule has 7 heteroatoms. The Hall–Kier alpha value is -2.12. The smallest absolute Gasteiger partial charge is 0.257 e. The normalized spacial score (nSPS) is 13.9. The Labute approximate surface area is 136 Å². The number of aromatic nitrogens is 2. The van der Waals surface area contributed by atoms with E-state index in [2.05, 4.69) is 15.5 Å². The van der Waals surface area contributed by atoms with Gasteiger partial charge in [0.25, 0.3) is 5.89 Å². The van der Waals surface area contributed by atoms with Crippen LogP contribution in [0.25, 0.3) is 10.8 Å². The topological polar surface area (TPSA) is 51.0 Å². The average molecular weight is 335 g/mol. The van der Waals surface area contributed by atoms with Crippen LogP contribution in [0.15, 0.2) is 40.1 Å². The van der Waals surface area contributed by atoms with Crippen LogP contribution in [0, 0.1) is 11.6 Å². The number of rotatable bonds is 5. The minimum absolute atomic E-state index is 0.197. The molecule has 2 aromatic heterocycles. The second kappa shape index (κ2) is 6.55. The number of halogens is 2. The fourth-order valence-corrected chi connectivity index (χ4v) is 2.88. The molecular weight excluding hydrogens is 320 g/mol. The van der Waals surface area contributed by atoms with Crippen molar-refractivity contribution in [2.24, 2.45) is 0 Å². The summed E-state index contributed by atoms with van der Waals surface area (Å²) in [5, 5.41) is 13.2. The predicted molar refractivity (Wildman–Crippen MR) is 83.9 cm³/mol. The van der Waals surface area contributed by atoms with Crippen molar-refractivity contribution in [3.8, 4) is 10.8 Å². The van der Waals surface area contributed by atoms with Crippen molar-refractivity contribution >= 4 is 11.3 Å². The van der Waals surface area contributed by atoms with Crippen LogP contribution in [-0.2, 0) is 0 Å². The third-order valence-electron chi connectivity index (χ3n) is 3.49. The summed E-state index contributed by atoms with van der Waals surface area (Å²) < 4.78 is 32.0. The molecule has 0 bridgehead atoms. The first kappa shape index (κ1) is 15.8. The molecule has 0 aliphatic rings. The second-order valence-electron chi connectivity index (χ2n) is 5.21. The highest BCUT2D eigenvalue weighted by Crippen LogP contribution is 2.26. The van der Waals surface area contributed by atoms with Gasteiger partial charge < -0.3 is 4.42 Å². The first-order chi connectivity index (χ1) is 11.0. The molecule has 0 amide bonds. The molecule has 0 aliphatic heterocycles.